The Balaban J connectivity index is 2.37. The second-order valence-corrected chi connectivity index (χ2v) is 5.63. The van der Waals surface area contributed by atoms with Crippen molar-refractivity contribution in [2.45, 2.75) is 38.0 Å². The van der Waals surface area contributed by atoms with Crippen molar-refractivity contribution < 1.29 is 4.79 Å². The van der Waals surface area contributed by atoms with Gasteiger partial charge in [-0.1, -0.05) is 13.8 Å². The lowest BCUT2D eigenvalue weighted by Gasteiger charge is -2.21. The van der Waals surface area contributed by atoms with Crippen molar-refractivity contribution in [1.82, 2.24) is 5.32 Å². The van der Waals surface area contributed by atoms with E-state index in [1.54, 1.807) is 11.8 Å². The number of hydrogen-bond donors (Lipinski definition) is 1. The zero-order chi connectivity index (χ0) is 10.6. The third-order valence-electron chi connectivity index (χ3n) is 2.52. The molecule has 1 saturated heterocycles. The molecule has 14 heavy (non-hydrogen) atoms. The zero-order valence-corrected chi connectivity index (χ0v) is 10.3. The van der Waals surface area contributed by atoms with Crippen molar-refractivity contribution in [3.8, 4) is 0 Å². The van der Waals surface area contributed by atoms with E-state index in [0.29, 0.717) is 11.8 Å². The van der Waals surface area contributed by atoms with Gasteiger partial charge in [-0.05, 0) is 24.5 Å². The maximum atomic E-state index is 11.7. The van der Waals surface area contributed by atoms with Gasteiger partial charge >= 0.3 is 0 Å². The van der Waals surface area contributed by atoms with Crippen LogP contribution in [-0.2, 0) is 4.79 Å². The first-order valence-electron chi connectivity index (χ1n) is 5.13. The Morgan fingerprint density at radius 3 is 2.79 bits per heavy atom. The van der Waals surface area contributed by atoms with Gasteiger partial charge in [-0.2, -0.15) is 0 Å². The van der Waals surface area contributed by atoms with E-state index in [2.05, 4.69) is 19.2 Å². The van der Waals surface area contributed by atoms with Gasteiger partial charge in [0.05, 0.1) is 5.25 Å². The van der Waals surface area contributed by atoms with Crippen LogP contribution in [-0.4, -0.2) is 28.8 Å². The second-order valence-electron chi connectivity index (χ2n) is 4.02. The molecular weight excluding hydrogens is 218 g/mol. The Hall–Kier alpha value is 0.110. The van der Waals surface area contributed by atoms with Crippen LogP contribution in [0.15, 0.2) is 0 Å². The maximum absolute atomic E-state index is 11.7. The Bertz CT molecular complexity index is 193. The average Bonchev–Trinajstić information content (AvgIpc) is 2.65. The van der Waals surface area contributed by atoms with Gasteiger partial charge in [0.15, 0.2) is 0 Å². The van der Waals surface area contributed by atoms with Gasteiger partial charge in [-0.25, -0.2) is 0 Å². The summed E-state index contributed by atoms with van der Waals surface area (Å²) < 4.78 is 0. The average molecular weight is 236 g/mol. The molecule has 0 aromatic heterocycles. The van der Waals surface area contributed by atoms with Crippen LogP contribution >= 0.6 is 23.4 Å². The van der Waals surface area contributed by atoms with Gasteiger partial charge in [-0.15, -0.1) is 23.4 Å². The van der Waals surface area contributed by atoms with Crippen LogP contribution in [0.25, 0.3) is 0 Å². The van der Waals surface area contributed by atoms with Crippen LogP contribution in [0.5, 0.6) is 0 Å². The van der Waals surface area contributed by atoms with E-state index < -0.39 is 0 Å². The second kappa shape index (κ2) is 5.86. The van der Waals surface area contributed by atoms with Crippen LogP contribution in [0.2, 0.25) is 0 Å². The summed E-state index contributed by atoms with van der Waals surface area (Å²) in [5.74, 6) is 2.20. The lowest BCUT2D eigenvalue weighted by atomic mass is 10.1. The summed E-state index contributed by atoms with van der Waals surface area (Å²) in [5, 5.41) is 3.18. The first-order valence-corrected chi connectivity index (χ1v) is 6.71. The fraction of sp³-hybridized carbons (Fsp3) is 0.900. The number of carbonyl (C=O) groups is 1. The smallest absolute Gasteiger partial charge is 0.233 e. The Morgan fingerprint density at radius 1 is 1.64 bits per heavy atom. The van der Waals surface area contributed by atoms with E-state index in [-0.39, 0.29) is 17.2 Å². The fourth-order valence-electron chi connectivity index (χ4n) is 1.44. The number of nitrogens with one attached hydrogen (secondary N) is 1. The van der Waals surface area contributed by atoms with Crippen LogP contribution in [0.4, 0.5) is 0 Å². The molecule has 2 unspecified atom stereocenters. The molecule has 1 heterocycles. The molecular formula is C10H18ClNOS. The summed E-state index contributed by atoms with van der Waals surface area (Å²) in [4.78, 5) is 11.7. The topological polar surface area (TPSA) is 29.1 Å². The molecule has 0 aromatic rings. The third-order valence-corrected chi connectivity index (χ3v) is 4.23. The van der Waals surface area contributed by atoms with Gasteiger partial charge in [0, 0.05) is 11.9 Å². The Kier molecular flexibility index (Phi) is 5.10. The number of halogens is 1. The molecule has 1 fully saturated rings. The SMILES string of the molecule is CC(C)C(CCl)NC(=O)C1CCCS1. The number of carbonyl (C=O) groups excluding carboxylic acids is 1. The predicted octanol–water partition coefficient (Wildman–Crippen LogP) is 2.26. The van der Waals surface area contributed by atoms with E-state index >= 15 is 0 Å². The largest absolute Gasteiger partial charge is 0.351 e. The number of alkyl halides is 1. The molecule has 1 aliphatic heterocycles. The van der Waals surface area contributed by atoms with E-state index in [1.807, 2.05) is 0 Å². The Morgan fingerprint density at radius 2 is 2.36 bits per heavy atom. The van der Waals surface area contributed by atoms with Crippen molar-refractivity contribution >= 4 is 29.3 Å². The van der Waals surface area contributed by atoms with Crippen molar-refractivity contribution in [2.24, 2.45) is 5.92 Å². The Labute approximate surface area is 95.2 Å². The molecule has 0 saturated carbocycles. The minimum Gasteiger partial charge on any atom is -0.351 e. The molecule has 0 spiro atoms. The van der Waals surface area contributed by atoms with Crippen molar-refractivity contribution in [3.63, 3.8) is 0 Å². The van der Waals surface area contributed by atoms with Gasteiger partial charge in [0.25, 0.3) is 0 Å². The number of rotatable bonds is 4. The molecule has 2 atom stereocenters. The van der Waals surface area contributed by atoms with E-state index in [4.69, 9.17) is 11.6 Å². The zero-order valence-electron chi connectivity index (χ0n) is 8.75. The van der Waals surface area contributed by atoms with Crippen LogP contribution < -0.4 is 5.32 Å². The standard InChI is InChI=1S/C10H18ClNOS/c1-7(2)8(6-11)12-10(13)9-4-3-5-14-9/h7-9H,3-6H2,1-2H3,(H,12,13). The monoisotopic (exact) mass is 235 g/mol. The molecule has 0 aromatic carbocycles. The number of hydrogen-bond acceptors (Lipinski definition) is 2. The molecule has 0 aliphatic carbocycles. The summed E-state index contributed by atoms with van der Waals surface area (Å²) in [5.41, 5.74) is 0. The molecule has 1 rings (SSSR count). The maximum Gasteiger partial charge on any atom is 0.233 e. The summed E-state index contributed by atoms with van der Waals surface area (Å²) in [6.45, 7) is 4.16. The summed E-state index contributed by atoms with van der Waals surface area (Å²) in [6.07, 6.45) is 2.18. The number of thioether (sulfide) groups is 1. The highest BCUT2D eigenvalue weighted by Crippen LogP contribution is 2.26. The lowest BCUT2D eigenvalue weighted by Crippen LogP contribution is -2.43. The van der Waals surface area contributed by atoms with Crippen molar-refractivity contribution in [2.75, 3.05) is 11.6 Å². The highest BCUT2D eigenvalue weighted by molar-refractivity contribution is 8.00. The highest BCUT2D eigenvalue weighted by atomic mass is 35.5. The van der Waals surface area contributed by atoms with Crippen LogP contribution in [0.1, 0.15) is 26.7 Å². The van der Waals surface area contributed by atoms with Crippen molar-refractivity contribution in [3.05, 3.63) is 0 Å². The molecule has 2 nitrogen and oxygen atoms in total. The van der Waals surface area contributed by atoms with Crippen molar-refractivity contribution in [1.29, 1.82) is 0 Å². The van der Waals surface area contributed by atoms with E-state index in [1.165, 1.54) is 0 Å². The molecule has 1 N–H and O–H groups in total. The van der Waals surface area contributed by atoms with Crippen LogP contribution in [0, 0.1) is 5.92 Å². The third kappa shape index (κ3) is 3.35. The van der Waals surface area contributed by atoms with E-state index in [0.717, 1.165) is 18.6 Å². The van der Waals surface area contributed by atoms with E-state index in [9.17, 15) is 4.79 Å². The highest BCUT2D eigenvalue weighted by Gasteiger charge is 2.25. The van der Waals surface area contributed by atoms with Gasteiger partial charge in [0.2, 0.25) is 5.91 Å². The minimum atomic E-state index is 0.116. The normalized spacial score (nSPS) is 23.9. The molecule has 82 valence electrons. The molecule has 1 amide bonds. The van der Waals surface area contributed by atoms with Gasteiger partial charge in [0.1, 0.15) is 0 Å². The quantitative estimate of drug-likeness (QED) is 0.758. The minimum absolute atomic E-state index is 0.116. The lowest BCUT2D eigenvalue weighted by molar-refractivity contribution is -0.121. The summed E-state index contributed by atoms with van der Waals surface area (Å²) >= 11 is 7.55. The first-order chi connectivity index (χ1) is 6.65. The fourth-order valence-corrected chi connectivity index (χ4v) is 3.05. The van der Waals surface area contributed by atoms with Gasteiger partial charge < -0.3 is 5.32 Å². The van der Waals surface area contributed by atoms with Gasteiger partial charge in [-0.3, -0.25) is 4.79 Å². The number of amides is 1. The molecule has 0 radical (unpaired) electrons. The molecule has 0 bridgehead atoms. The first kappa shape index (κ1) is 12.2. The summed E-state index contributed by atoms with van der Waals surface area (Å²) in [6, 6.07) is 0.116. The molecule has 4 heteroatoms. The van der Waals surface area contributed by atoms with Crippen LogP contribution in [0.3, 0.4) is 0 Å². The molecule has 1 aliphatic rings. The summed E-state index contributed by atoms with van der Waals surface area (Å²) in [7, 11) is 0. The predicted molar refractivity (Wildman–Crippen MR) is 63.0 cm³/mol.